The molecule has 0 aromatic heterocycles. The lowest BCUT2D eigenvalue weighted by Gasteiger charge is -2.13. The van der Waals surface area contributed by atoms with Crippen LogP contribution in [0.4, 0.5) is 11.4 Å². The second kappa shape index (κ2) is 8.19. The minimum absolute atomic E-state index is 0.0243. The van der Waals surface area contributed by atoms with Crippen LogP contribution in [0.25, 0.3) is 11.1 Å². The van der Waals surface area contributed by atoms with Crippen molar-refractivity contribution in [2.45, 2.75) is 4.90 Å². The molecule has 0 atom stereocenters. The molecule has 0 radical (unpaired) electrons. The Balaban J connectivity index is 1.89. The van der Waals surface area contributed by atoms with Crippen molar-refractivity contribution in [2.75, 3.05) is 18.9 Å². The van der Waals surface area contributed by atoms with Crippen molar-refractivity contribution in [3.05, 3.63) is 76.8 Å². The highest BCUT2D eigenvalue weighted by Crippen LogP contribution is 2.32. The van der Waals surface area contributed by atoms with E-state index < -0.39 is 14.9 Å². The van der Waals surface area contributed by atoms with Gasteiger partial charge in [0.15, 0.2) is 0 Å². The Morgan fingerprint density at radius 2 is 1.62 bits per heavy atom. The number of hydrogen-bond acceptors (Lipinski definition) is 6. The first kappa shape index (κ1) is 20.2. The van der Waals surface area contributed by atoms with Gasteiger partial charge in [-0.3, -0.25) is 14.8 Å². The largest absolute Gasteiger partial charge is 0.497 e. The molecule has 9 heteroatoms. The number of sulfonamides is 1. The predicted octanol–water partition coefficient (Wildman–Crippen LogP) is 4.08. The number of anilines is 1. The summed E-state index contributed by atoms with van der Waals surface area (Å²) in [7, 11) is -1.08. The van der Waals surface area contributed by atoms with E-state index >= 15 is 0 Å². The Labute approximate surface area is 167 Å². The minimum atomic E-state index is -3.92. The van der Waals surface area contributed by atoms with E-state index in [0.29, 0.717) is 22.6 Å². The Morgan fingerprint density at radius 1 is 0.931 bits per heavy atom. The fourth-order valence-electron chi connectivity index (χ4n) is 2.80. The van der Waals surface area contributed by atoms with Gasteiger partial charge in [-0.2, -0.15) is 0 Å². The summed E-state index contributed by atoms with van der Waals surface area (Å²) in [4.78, 5) is 10.7. The molecule has 29 heavy (non-hydrogen) atoms. The summed E-state index contributed by atoms with van der Waals surface area (Å²) in [6.45, 7) is 0. The Hall–Kier alpha value is -3.59. The van der Waals surface area contributed by atoms with Crippen LogP contribution in [0, 0.1) is 10.1 Å². The van der Waals surface area contributed by atoms with Crippen LogP contribution in [-0.4, -0.2) is 27.6 Å². The Kier molecular flexibility index (Phi) is 5.69. The molecule has 3 aromatic carbocycles. The van der Waals surface area contributed by atoms with Crippen LogP contribution in [-0.2, 0) is 10.0 Å². The first-order valence-electron chi connectivity index (χ1n) is 8.44. The molecule has 8 nitrogen and oxygen atoms in total. The molecule has 0 heterocycles. The average molecular weight is 414 g/mol. The van der Waals surface area contributed by atoms with E-state index in [1.165, 1.54) is 38.5 Å². The molecule has 0 bridgehead atoms. The highest BCUT2D eigenvalue weighted by atomic mass is 32.2. The van der Waals surface area contributed by atoms with Crippen LogP contribution in [0.1, 0.15) is 0 Å². The molecule has 0 saturated heterocycles. The van der Waals surface area contributed by atoms with E-state index in [9.17, 15) is 18.5 Å². The fourth-order valence-corrected chi connectivity index (χ4v) is 4.01. The number of nitrogens with zero attached hydrogens (tertiary/aromatic N) is 1. The highest BCUT2D eigenvalue weighted by molar-refractivity contribution is 7.92. The smallest absolute Gasteiger partial charge is 0.277 e. The quantitative estimate of drug-likeness (QED) is 0.461. The minimum Gasteiger partial charge on any atom is -0.497 e. The molecule has 3 rings (SSSR count). The monoisotopic (exact) mass is 414 g/mol. The second-order valence-corrected chi connectivity index (χ2v) is 7.62. The third-order valence-corrected chi connectivity index (χ3v) is 5.63. The van der Waals surface area contributed by atoms with Gasteiger partial charge in [-0.05, 0) is 35.9 Å². The molecule has 0 fully saturated rings. The topological polar surface area (TPSA) is 108 Å². The Bertz CT molecular complexity index is 1140. The number of methoxy groups -OCH3 is 2. The van der Waals surface area contributed by atoms with Crippen LogP contribution in [0.2, 0.25) is 0 Å². The van der Waals surface area contributed by atoms with Gasteiger partial charge in [0.1, 0.15) is 16.4 Å². The summed E-state index contributed by atoms with van der Waals surface area (Å²) in [5, 5.41) is 11.2. The lowest BCUT2D eigenvalue weighted by molar-refractivity contribution is -0.384. The van der Waals surface area contributed by atoms with Crippen LogP contribution >= 0.6 is 0 Å². The van der Waals surface area contributed by atoms with Crippen molar-refractivity contribution in [1.82, 2.24) is 0 Å². The van der Waals surface area contributed by atoms with Gasteiger partial charge in [-0.1, -0.05) is 24.3 Å². The third-order valence-electron chi connectivity index (χ3n) is 4.21. The number of benzene rings is 3. The fraction of sp³-hybridized carbons (Fsp3) is 0.100. The standard InChI is InChI=1S/C20H18N2O6S/c1-27-16-11-12-20(19(13-16)28-2)29(25,26)21-15-9-7-14(8-10-15)17-5-3-4-6-18(17)22(23)24/h3-13,21H,1-2H3. The zero-order chi connectivity index (χ0) is 21.0. The summed E-state index contributed by atoms with van der Waals surface area (Å²) in [5.74, 6) is 0.614. The van der Waals surface area contributed by atoms with Gasteiger partial charge < -0.3 is 9.47 Å². The van der Waals surface area contributed by atoms with Gasteiger partial charge in [0.05, 0.1) is 24.7 Å². The van der Waals surface area contributed by atoms with Gasteiger partial charge in [0, 0.05) is 17.8 Å². The SMILES string of the molecule is COc1ccc(S(=O)(=O)Nc2ccc(-c3ccccc3[N+](=O)[O-])cc2)c(OC)c1. The van der Waals surface area contributed by atoms with Gasteiger partial charge in [-0.25, -0.2) is 8.42 Å². The van der Waals surface area contributed by atoms with E-state index in [-0.39, 0.29) is 16.3 Å². The van der Waals surface area contributed by atoms with Crippen molar-refractivity contribution in [3.8, 4) is 22.6 Å². The Morgan fingerprint density at radius 3 is 2.24 bits per heavy atom. The van der Waals surface area contributed by atoms with E-state index in [2.05, 4.69) is 4.72 Å². The number of nitrogens with one attached hydrogen (secondary N) is 1. The molecule has 0 aliphatic rings. The van der Waals surface area contributed by atoms with Crippen LogP contribution < -0.4 is 14.2 Å². The van der Waals surface area contributed by atoms with Gasteiger partial charge in [0.25, 0.3) is 15.7 Å². The second-order valence-electron chi connectivity index (χ2n) is 5.97. The van der Waals surface area contributed by atoms with Crippen molar-refractivity contribution in [2.24, 2.45) is 0 Å². The first-order chi connectivity index (χ1) is 13.9. The van der Waals surface area contributed by atoms with Crippen molar-refractivity contribution in [1.29, 1.82) is 0 Å². The van der Waals surface area contributed by atoms with Crippen LogP contribution in [0.3, 0.4) is 0 Å². The predicted molar refractivity (Wildman–Crippen MR) is 109 cm³/mol. The van der Waals surface area contributed by atoms with E-state index in [1.807, 2.05) is 0 Å². The molecule has 3 aromatic rings. The maximum atomic E-state index is 12.8. The molecular weight excluding hydrogens is 396 g/mol. The lowest BCUT2D eigenvalue weighted by Crippen LogP contribution is -2.14. The molecule has 0 amide bonds. The summed E-state index contributed by atoms with van der Waals surface area (Å²) < 4.78 is 38.2. The molecule has 0 saturated carbocycles. The number of rotatable bonds is 7. The normalized spacial score (nSPS) is 11.0. The number of hydrogen-bond donors (Lipinski definition) is 1. The molecule has 0 unspecified atom stereocenters. The maximum Gasteiger partial charge on any atom is 0.277 e. The summed E-state index contributed by atoms with van der Waals surface area (Å²) in [5.41, 5.74) is 1.33. The third kappa shape index (κ3) is 4.30. The van der Waals surface area contributed by atoms with Gasteiger partial charge >= 0.3 is 0 Å². The number of ether oxygens (including phenoxy) is 2. The van der Waals surface area contributed by atoms with Crippen molar-refractivity contribution >= 4 is 21.4 Å². The molecular formula is C20H18N2O6S. The van der Waals surface area contributed by atoms with Crippen molar-refractivity contribution in [3.63, 3.8) is 0 Å². The molecule has 0 aliphatic carbocycles. The van der Waals surface area contributed by atoms with Gasteiger partial charge in [-0.15, -0.1) is 0 Å². The van der Waals surface area contributed by atoms with Crippen LogP contribution in [0.15, 0.2) is 71.6 Å². The zero-order valence-corrected chi connectivity index (χ0v) is 16.5. The number of nitro groups is 1. The molecule has 1 N–H and O–H groups in total. The lowest BCUT2D eigenvalue weighted by atomic mass is 10.0. The number of para-hydroxylation sites is 1. The zero-order valence-electron chi connectivity index (χ0n) is 15.7. The van der Waals surface area contributed by atoms with Gasteiger partial charge in [0.2, 0.25) is 0 Å². The summed E-state index contributed by atoms with van der Waals surface area (Å²) in [6.07, 6.45) is 0. The maximum absolute atomic E-state index is 12.8. The molecule has 150 valence electrons. The van der Waals surface area contributed by atoms with Crippen molar-refractivity contribution < 1.29 is 22.8 Å². The van der Waals surface area contributed by atoms with E-state index in [0.717, 1.165) is 0 Å². The summed E-state index contributed by atoms with van der Waals surface area (Å²) in [6, 6.07) is 17.1. The molecule has 0 aliphatic heterocycles. The average Bonchev–Trinajstić information content (AvgIpc) is 2.73. The summed E-state index contributed by atoms with van der Waals surface area (Å²) >= 11 is 0. The van der Waals surface area contributed by atoms with Crippen LogP contribution in [0.5, 0.6) is 11.5 Å². The van der Waals surface area contributed by atoms with E-state index in [1.54, 1.807) is 42.5 Å². The first-order valence-corrected chi connectivity index (χ1v) is 9.92. The number of nitro benzene ring substituents is 1. The highest BCUT2D eigenvalue weighted by Gasteiger charge is 2.21. The molecule has 0 spiro atoms. The van der Waals surface area contributed by atoms with E-state index in [4.69, 9.17) is 9.47 Å².